The van der Waals surface area contributed by atoms with Crippen LogP contribution in [0.15, 0.2) is 48.8 Å². The molecule has 0 aliphatic heterocycles. The summed E-state index contributed by atoms with van der Waals surface area (Å²) in [5, 5.41) is 13.8. The monoisotopic (exact) mass is 278 g/mol. The molecule has 21 heavy (non-hydrogen) atoms. The Bertz CT molecular complexity index is 868. The van der Waals surface area contributed by atoms with Crippen molar-refractivity contribution in [1.29, 1.82) is 5.26 Å². The van der Waals surface area contributed by atoms with Crippen molar-refractivity contribution in [2.45, 2.75) is 0 Å². The van der Waals surface area contributed by atoms with Crippen molar-refractivity contribution in [3.05, 3.63) is 60.2 Å². The number of hydrogen-bond acceptors (Lipinski definition) is 4. The minimum absolute atomic E-state index is 0.0106. The number of nitrogens with zero attached hydrogens (tertiary/aromatic N) is 2. The van der Waals surface area contributed by atoms with E-state index in [1.165, 1.54) is 12.1 Å². The minimum Gasteiger partial charge on any atom is -0.397 e. The molecule has 0 spiro atoms. The molecule has 1 heterocycles. The van der Waals surface area contributed by atoms with Gasteiger partial charge in [-0.1, -0.05) is 6.07 Å². The van der Waals surface area contributed by atoms with Gasteiger partial charge in [0.25, 0.3) is 0 Å². The van der Waals surface area contributed by atoms with E-state index in [1.54, 1.807) is 18.5 Å². The highest BCUT2D eigenvalue weighted by molar-refractivity contribution is 5.99. The van der Waals surface area contributed by atoms with Crippen LogP contribution in [0.1, 0.15) is 5.56 Å². The molecule has 0 unspecified atom stereocenters. The quantitative estimate of drug-likeness (QED) is 0.703. The highest BCUT2D eigenvalue weighted by atomic mass is 19.1. The van der Waals surface area contributed by atoms with Gasteiger partial charge in [0.1, 0.15) is 11.9 Å². The van der Waals surface area contributed by atoms with Crippen molar-refractivity contribution in [3.63, 3.8) is 0 Å². The molecule has 0 aliphatic carbocycles. The number of benzene rings is 2. The molecule has 3 rings (SSSR count). The number of nitrogens with two attached hydrogens (primary N) is 1. The Kier molecular flexibility index (Phi) is 3.13. The molecule has 1 aromatic heterocycles. The van der Waals surface area contributed by atoms with Gasteiger partial charge in [0.2, 0.25) is 0 Å². The lowest BCUT2D eigenvalue weighted by molar-refractivity contribution is 0.624. The second-order valence-electron chi connectivity index (χ2n) is 4.56. The van der Waals surface area contributed by atoms with Crippen LogP contribution in [0.3, 0.4) is 0 Å². The minimum atomic E-state index is -0.541. The third-order valence-electron chi connectivity index (χ3n) is 3.23. The van der Waals surface area contributed by atoms with Crippen LogP contribution in [0.4, 0.5) is 21.5 Å². The first kappa shape index (κ1) is 12.9. The molecular formula is C16H11FN4. The van der Waals surface area contributed by atoms with E-state index in [-0.39, 0.29) is 5.56 Å². The lowest BCUT2D eigenvalue weighted by Gasteiger charge is -2.12. The maximum Gasteiger partial charge on any atom is 0.141 e. The van der Waals surface area contributed by atoms with Crippen molar-refractivity contribution >= 4 is 27.8 Å². The molecule has 0 atom stereocenters. The van der Waals surface area contributed by atoms with Crippen LogP contribution in [0, 0.1) is 17.1 Å². The third-order valence-corrected chi connectivity index (χ3v) is 3.23. The summed E-state index contributed by atoms with van der Waals surface area (Å²) in [6.07, 6.45) is 3.41. The molecule has 0 radical (unpaired) electrons. The largest absolute Gasteiger partial charge is 0.397 e. The maximum absolute atomic E-state index is 13.3. The fourth-order valence-electron chi connectivity index (χ4n) is 2.15. The highest BCUT2D eigenvalue weighted by Crippen LogP contribution is 2.30. The van der Waals surface area contributed by atoms with Crippen molar-refractivity contribution in [2.75, 3.05) is 11.1 Å². The molecule has 5 heteroatoms. The van der Waals surface area contributed by atoms with Crippen LogP contribution in [-0.4, -0.2) is 4.98 Å². The van der Waals surface area contributed by atoms with Crippen LogP contribution < -0.4 is 11.1 Å². The fourth-order valence-corrected chi connectivity index (χ4v) is 2.15. The second-order valence-corrected chi connectivity index (χ2v) is 4.56. The molecule has 3 aromatic rings. The molecule has 4 nitrogen and oxygen atoms in total. The number of nitriles is 1. The van der Waals surface area contributed by atoms with E-state index in [9.17, 15) is 4.39 Å². The number of nitrogens with one attached hydrogen (secondary N) is 1. The van der Waals surface area contributed by atoms with Gasteiger partial charge in [0.15, 0.2) is 0 Å². The molecule has 0 bridgehead atoms. The predicted octanol–water partition coefficient (Wildman–Crippen LogP) is 3.57. The number of pyridine rings is 1. The molecule has 102 valence electrons. The van der Waals surface area contributed by atoms with Crippen LogP contribution in [-0.2, 0) is 0 Å². The summed E-state index contributed by atoms with van der Waals surface area (Å²) < 4.78 is 13.3. The van der Waals surface area contributed by atoms with Gasteiger partial charge in [-0.05, 0) is 30.3 Å². The standard InChI is InChI=1S/C16H11FN4/c17-14-3-2-12(7-11(14)8-18)21-15-4-1-10-9-20-6-5-13(10)16(15)19/h1-7,9,21H,19H2. The van der Waals surface area contributed by atoms with Gasteiger partial charge in [-0.25, -0.2) is 4.39 Å². The zero-order valence-electron chi connectivity index (χ0n) is 11.0. The smallest absolute Gasteiger partial charge is 0.141 e. The van der Waals surface area contributed by atoms with E-state index in [0.717, 1.165) is 10.8 Å². The summed E-state index contributed by atoms with van der Waals surface area (Å²) >= 11 is 0. The Morgan fingerprint density at radius 2 is 2.05 bits per heavy atom. The molecule has 0 fully saturated rings. The molecule has 0 saturated carbocycles. The van der Waals surface area contributed by atoms with Crippen molar-refractivity contribution in [1.82, 2.24) is 4.98 Å². The van der Waals surface area contributed by atoms with Crippen LogP contribution in [0.5, 0.6) is 0 Å². The first-order valence-corrected chi connectivity index (χ1v) is 6.28. The molecular weight excluding hydrogens is 267 g/mol. The Morgan fingerprint density at radius 1 is 1.19 bits per heavy atom. The molecule has 0 saturated heterocycles. The number of fused-ring (bicyclic) bond motifs is 1. The van der Waals surface area contributed by atoms with Gasteiger partial charge in [-0.2, -0.15) is 5.26 Å². The maximum atomic E-state index is 13.3. The second kappa shape index (κ2) is 5.10. The van der Waals surface area contributed by atoms with Crippen molar-refractivity contribution in [2.24, 2.45) is 0 Å². The molecule has 3 N–H and O–H groups in total. The van der Waals surface area contributed by atoms with Gasteiger partial charge in [0.05, 0.1) is 16.9 Å². The summed E-state index contributed by atoms with van der Waals surface area (Å²) in [5.41, 5.74) is 8.01. The number of hydrogen-bond donors (Lipinski definition) is 2. The topological polar surface area (TPSA) is 74.7 Å². The number of rotatable bonds is 2. The zero-order chi connectivity index (χ0) is 14.8. The number of halogens is 1. The average molecular weight is 278 g/mol. The molecule has 2 aromatic carbocycles. The Balaban J connectivity index is 2.02. The Morgan fingerprint density at radius 3 is 2.86 bits per heavy atom. The molecule has 0 amide bonds. The normalized spacial score (nSPS) is 10.3. The highest BCUT2D eigenvalue weighted by Gasteiger charge is 2.07. The van der Waals surface area contributed by atoms with Gasteiger partial charge < -0.3 is 11.1 Å². The van der Waals surface area contributed by atoms with E-state index in [2.05, 4.69) is 10.3 Å². The fraction of sp³-hybridized carbons (Fsp3) is 0. The van der Waals surface area contributed by atoms with Crippen LogP contribution in [0.2, 0.25) is 0 Å². The molecule has 0 aliphatic rings. The first-order valence-electron chi connectivity index (χ1n) is 6.28. The Hall–Kier alpha value is -3.13. The zero-order valence-corrected chi connectivity index (χ0v) is 11.0. The third kappa shape index (κ3) is 2.35. The van der Waals surface area contributed by atoms with E-state index < -0.39 is 5.82 Å². The van der Waals surface area contributed by atoms with Crippen molar-refractivity contribution < 1.29 is 4.39 Å². The lowest BCUT2D eigenvalue weighted by Crippen LogP contribution is -1.98. The number of aromatic nitrogens is 1. The summed E-state index contributed by atoms with van der Waals surface area (Å²) in [7, 11) is 0. The van der Waals surface area contributed by atoms with E-state index in [1.807, 2.05) is 24.3 Å². The first-order chi connectivity index (χ1) is 10.2. The SMILES string of the molecule is N#Cc1cc(Nc2ccc3cnccc3c2N)ccc1F. The van der Waals surface area contributed by atoms with Crippen molar-refractivity contribution in [3.8, 4) is 6.07 Å². The van der Waals surface area contributed by atoms with Gasteiger partial charge >= 0.3 is 0 Å². The lowest BCUT2D eigenvalue weighted by atomic mass is 10.1. The van der Waals surface area contributed by atoms with E-state index >= 15 is 0 Å². The summed E-state index contributed by atoms with van der Waals surface area (Å²) in [6, 6.07) is 11.6. The van der Waals surface area contributed by atoms with Crippen LogP contribution >= 0.6 is 0 Å². The summed E-state index contributed by atoms with van der Waals surface area (Å²) in [5.74, 6) is -0.541. The van der Waals surface area contributed by atoms with Crippen LogP contribution in [0.25, 0.3) is 10.8 Å². The summed E-state index contributed by atoms with van der Waals surface area (Å²) in [6.45, 7) is 0. The van der Waals surface area contributed by atoms with Gasteiger partial charge in [-0.3, -0.25) is 4.98 Å². The van der Waals surface area contributed by atoms with E-state index in [0.29, 0.717) is 17.1 Å². The number of anilines is 3. The average Bonchev–Trinajstić information content (AvgIpc) is 2.52. The van der Waals surface area contributed by atoms with Gasteiger partial charge in [0, 0.05) is 28.9 Å². The number of nitrogen functional groups attached to an aromatic ring is 1. The van der Waals surface area contributed by atoms with Gasteiger partial charge in [-0.15, -0.1) is 0 Å². The Labute approximate surface area is 120 Å². The summed E-state index contributed by atoms with van der Waals surface area (Å²) in [4.78, 5) is 4.05. The predicted molar refractivity (Wildman–Crippen MR) is 80.6 cm³/mol. The van der Waals surface area contributed by atoms with E-state index in [4.69, 9.17) is 11.0 Å².